The van der Waals surface area contributed by atoms with Crippen LogP contribution in [0.2, 0.25) is 0 Å². The van der Waals surface area contributed by atoms with Gasteiger partial charge in [0.2, 0.25) is 6.79 Å². The molecule has 0 bridgehead atoms. The van der Waals surface area contributed by atoms with E-state index in [1.54, 1.807) is 6.07 Å². The molecule has 3 aromatic rings. The summed E-state index contributed by atoms with van der Waals surface area (Å²) in [6.07, 6.45) is 3.14. The second-order valence-corrected chi connectivity index (χ2v) is 6.89. The number of carbonyl (C=O) groups is 1. The lowest BCUT2D eigenvalue weighted by atomic mass is 9.98. The Kier molecular flexibility index (Phi) is 3.59. The van der Waals surface area contributed by atoms with Gasteiger partial charge in [-0.2, -0.15) is 0 Å². The van der Waals surface area contributed by atoms with Crippen molar-refractivity contribution in [3.8, 4) is 11.5 Å². The SMILES string of the molecule is O=C(c1ccc2c(c1)OCO2)N1CCCCC1c1cc2ccccc2[nH]1. The van der Waals surface area contributed by atoms with E-state index < -0.39 is 0 Å². The van der Waals surface area contributed by atoms with Gasteiger partial charge in [0.15, 0.2) is 11.5 Å². The second kappa shape index (κ2) is 6.09. The lowest BCUT2D eigenvalue weighted by molar-refractivity contribution is 0.0606. The summed E-state index contributed by atoms with van der Waals surface area (Å²) in [7, 11) is 0. The number of nitrogens with zero attached hydrogens (tertiary/aromatic N) is 1. The predicted molar refractivity (Wildman–Crippen MR) is 98.5 cm³/mol. The largest absolute Gasteiger partial charge is 0.454 e. The van der Waals surface area contributed by atoms with Gasteiger partial charge in [-0.05, 0) is 55.0 Å². The summed E-state index contributed by atoms with van der Waals surface area (Å²) in [6.45, 7) is 0.988. The molecule has 2 aliphatic rings. The zero-order chi connectivity index (χ0) is 17.5. The summed E-state index contributed by atoms with van der Waals surface area (Å²) in [5.74, 6) is 1.40. The van der Waals surface area contributed by atoms with Crippen LogP contribution in [0.25, 0.3) is 10.9 Å². The van der Waals surface area contributed by atoms with E-state index in [1.165, 1.54) is 5.39 Å². The third kappa shape index (κ3) is 2.51. The second-order valence-electron chi connectivity index (χ2n) is 6.89. The van der Waals surface area contributed by atoms with Crippen molar-refractivity contribution in [3.63, 3.8) is 0 Å². The Morgan fingerprint density at radius 1 is 1.04 bits per heavy atom. The van der Waals surface area contributed by atoms with Crippen molar-refractivity contribution in [3.05, 3.63) is 59.8 Å². The highest BCUT2D eigenvalue weighted by molar-refractivity contribution is 5.95. The lowest BCUT2D eigenvalue weighted by Gasteiger charge is -2.35. The van der Waals surface area contributed by atoms with Gasteiger partial charge in [-0.3, -0.25) is 4.79 Å². The van der Waals surface area contributed by atoms with Crippen LogP contribution in [-0.2, 0) is 0 Å². The molecule has 0 aliphatic carbocycles. The van der Waals surface area contributed by atoms with Crippen LogP contribution in [0, 0.1) is 0 Å². The minimum Gasteiger partial charge on any atom is -0.454 e. The average molecular weight is 348 g/mol. The Labute approximate surface area is 151 Å². The van der Waals surface area contributed by atoms with E-state index in [0.29, 0.717) is 17.1 Å². The highest BCUT2D eigenvalue weighted by Gasteiger charge is 2.30. The molecule has 132 valence electrons. The third-order valence-electron chi connectivity index (χ3n) is 5.29. The number of nitrogens with one attached hydrogen (secondary N) is 1. The molecule has 0 spiro atoms. The zero-order valence-electron chi connectivity index (χ0n) is 14.4. The van der Waals surface area contributed by atoms with Crippen molar-refractivity contribution in [2.75, 3.05) is 13.3 Å². The van der Waals surface area contributed by atoms with Crippen molar-refractivity contribution < 1.29 is 14.3 Å². The predicted octanol–water partition coefficient (Wildman–Crippen LogP) is 4.26. The number of amides is 1. The van der Waals surface area contributed by atoms with Crippen LogP contribution in [0.15, 0.2) is 48.5 Å². The zero-order valence-corrected chi connectivity index (χ0v) is 14.4. The Hall–Kier alpha value is -2.95. The fourth-order valence-electron chi connectivity index (χ4n) is 3.97. The van der Waals surface area contributed by atoms with Crippen LogP contribution in [-0.4, -0.2) is 29.1 Å². The Balaban J connectivity index is 1.48. The van der Waals surface area contributed by atoms with E-state index in [-0.39, 0.29) is 18.7 Å². The molecule has 1 unspecified atom stereocenters. The average Bonchev–Trinajstić information content (AvgIpc) is 3.33. The van der Waals surface area contributed by atoms with Gasteiger partial charge < -0.3 is 19.4 Å². The van der Waals surface area contributed by atoms with Crippen LogP contribution in [0.4, 0.5) is 0 Å². The van der Waals surface area contributed by atoms with Gasteiger partial charge in [-0.1, -0.05) is 18.2 Å². The van der Waals surface area contributed by atoms with E-state index in [9.17, 15) is 4.79 Å². The maximum absolute atomic E-state index is 13.2. The molecule has 5 rings (SSSR count). The molecule has 2 aromatic carbocycles. The molecule has 1 fully saturated rings. The number of rotatable bonds is 2. The van der Waals surface area contributed by atoms with Crippen molar-refractivity contribution >= 4 is 16.8 Å². The summed E-state index contributed by atoms with van der Waals surface area (Å²) in [6, 6.07) is 15.9. The van der Waals surface area contributed by atoms with Gasteiger partial charge in [0.1, 0.15) is 0 Å². The summed E-state index contributed by atoms with van der Waals surface area (Å²) < 4.78 is 10.8. The van der Waals surface area contributed by atoms with Crippen LogP contribution < -0.4 is 9.47 Å². The van der Waals surface area contributed by atoms with Crippen LogP contribution in [0.5, 0.6) is 11.5 Å². The minimum atomic E-state index is 0.0478. The molecule has 1 aromatic heterocycles. The number of H-pyrrole nitrogens is 1. The Morgan fingerprint density at radius 2 is 1.92 bits per heavy atom. The van der Waals surface area contributed by atoms with E-state index >= 15 is 0 Å². The van der Waals surface area contributed by atoms with Crippen LogP contribution >= 0.6 is 0 Å². The quantitative estimate of drug-likeness (QED) is 0.753. The van der Waals surface area contributed by atoms with E-state index in [2.05, 4.69) is 23.2 Å². The normalized spacial score (nSPS) is 19.1. The number of ether oxygens (including phenoxy) is 2. The molecule has 1 N–H and O–H groups in total. The summed E-state index contributed by atoms with van der Waals surface area (Å²) >= 11 is 0. The Bertz CT molecular complexity index is 945. The number of fused-ring (bicyclic) bond motifs is 2. The van der Waals surface area contributed by atoms with Crippen molar-refractivity contribution in [2.45, 2.75) is 25.3 Å². The number of aromatic nitrogens is 1. The molecule has 2 aliphatic heterocycles. The van der Waals surface area contributed by atoms with Gasteiger partial charge in [-0.15, -0.1) is 0 Å². The van der Waals surface area contributed by atoms with E-state index in [4.69, 9.17) is 9.47 Å². The minimum absolute atomic E-state index is 0.0478. The molecule has 0 saturated carbocycles. The molecular weight excluding hydrogens is 328 g/mol. The fraction of sp³-hybridized carbons (Fsp3) is 0.286. The molecular formula is C21H20N2O3. The van der Waals surface area contributed by atoms with Gasteiger partial charge in [0, 0.05) is 23.3 Å². The number of benzene rings is 2. The standard InChI is InChI=1S/C21H20N2O3/c24-21(15-8-9-19-20(12-15)26-13-25-19)23-10-4-3-7-18(23)17-11-14-5-1-2-6-16(14)22-17/h1-2,5-6,8-9,11-12,18,22H,3-4,7,10,13H2. The molecule has 0 radical (unpaired) electrons. The number of likely N-dealkylation sites (tertiary alicyclic amines) is 1. The molecule has 3 heterocycles. The number of carbonyl (C=O) groups excluding carboxylic acids is 1. The highest BCUT2D eigenvalue weighted by atomic mass is 16.7. The van der Waals surface area contributed by atoms with E-state index in [1.807, 2.05) is 29.2 Å². The van der Waals surface area contributed by atoms with Crippen molar-refractivity contribution in [1.82, 2.24) is 9.88 Å². The molecule has 1 saturated heterocycles. The first-order valence-electron chi connectivity index (χ1n) is 9.08. The van der Waals surface area contributed by atoms with Gasteiger partial charge in [0.25, 0.3) is 5.91 Å². The van der Waals surface area contributed by atoms with Crippen molar-refractivity contribution in [2.24, 2.45) is 0 Å². The number of piperidine rings is 1. The number of hydrogen-bond donors (Lipinski definition) is 1. The maximum Gasteiger partial charge on any atom is 0.254 e. The molecule has 26 heavy (non-hydrogen) atoms. The van der Waals surface area contributed by atoms with Crippen LogP contribution in [0.3, 0.4) is 0 Å². The smallest absolute Gasteiger partial charge is 0.254 e. The van der Waals surface area contributed by atoms with Gasteiger partial charge >= 0.3 is 0 Å². The van der Waals surface area contributed by atoms with Gasteiger partial charge in [-0.25, -0.2) is 0 Å². The number of hydrogen-bond acceptors (Lipinski definition) is 3. The number of aromatic amines is 1. The summed E-state index contributed by atoms with van der Waals surface area (Å²) in [5.41, 5.74) is 2.88. The Morgan fingerprint density at radius 3 is 2.85 bits per heavy atom. The molecule has 5 heteroatoms. The summed E-state index contributed by atoms with van der Waals surface area (Å²) in [5, 5.41) is 1.18. The lowest BCUT2D eigenvalue weighted by Crippen LogP contribution is -2.38. The highest BCUT2D eigenvalue weighted by Crippen LogP contribution is 2.36. The first kappa shape index (κ1) is 15.3. The van der Waals surface area contributed by atoms with E-state index in [0.717, 1.165) is 37.0 Å². The monoisotopic (exact) mass is 348 g/mol. The summed E-state index contributed by atoms with van der Waals surface area (Å²) in [4.78, 5) is 18.7. The topological polar surface area (TPSA) is 54.6 Å². The molecule has 1 atom stereocenters. The molecule has 5 nitrogen and oxygen atoms in total. The maximum atomic E-state index is 13.2. The van der Waals surface area contributed by atoms with Gasteiger partial charge in [0.05, 0.1) is 6.04 Å². The fourth-order valence-corrected chi connectivity index (χ4v) is 3.97. The molecule has 1 amide bonds. The number of para-hydroxylation sites is 1. The third-order valence-corrected chi connectivity index (χ3v) is 5.29. The first-order chi connectivity index (χ1) is 12.8. The van der Waals surface area contributed by atoms with Crippen LogP contribution in [0.1, 0.15) is 41.4 Å². The van der Waals surface area contributed by atoms with Crippen molar-refractivity contribution in [1.29, 1.82) is 0 Å². The first-order valence-corrected chi connectivity index (χ1v) is 9.08.